The fourth-order valence-corrected chi connectivity index (χ4v) is 3.27. The number of ether oxygens (including phenoxy) is 1. The van der Waals surface area contributed by atoms with Gasteiger partial charge in [0.15, 0.2) is 5.96 Å². The molecule has 1 fully saturated rings. The molecule has 1 aliphatic rings. The molecule has 0 amide bonds. The molecule has 0 aliphatic carbocycles. The number of unbranched alkanes of at least 4 members (excludes halogenated alkanes) is 1. The van der Waals surface area contributed by atoms with Crippen LogP contribution in [0.3, 0.4) is 0 Å². The summed E-state index contributed by atoms with van der Waals surface area (Å²) in [5.74, 6) is 0.906. The summed E-state index contributed by atoms with van der Waals surface area (Å²) in [7, 11) is 0. The van der Waals surface area contributed by atoms with Gasteiger partial charge in [-0.3, -0.25) is 4.99 Å². The third-order valence-electron chi connectivity index (χ3n) is 3.60. The number of aliphatic imine (C=N–C) groups is 1. The summed E-state index contributed by atoms with van der Waals surface area (Å²) in [6.45, 7) is 7.62. The first-order valence-electron chi connectivity index (χ1n) is 8.32. The molecule has 2 N–H and O–H groups in total. The van der Waals surface area contributed by atoms with Crippen LogP contribution < -0.4 is 10.6 Å². The van der Waals surface area contributed by atoms with Gasteiger partial charge in [-0.25, -0.2) is 4.98 Å². The van der Waals surface area contributed by atoms with Gasteiger partial charge >= 0.3 is 0 Å². The Hall–Kier alpha value is -0.410. The average molecular weight is 452 g/mol. The summed E-state index contributed by atoms with van der Waals surface area (Å²) in [4.78, 5) is 9.11. The second kappa shape index (κ2) is 12.0. The molecule has 2 rings (SSSR count). The van der Waals surface area contributed by atoms with Crippen LogP contribution >= 0.6 is 35.3 Å². The van der Waals surface area contributed by atoms with E-state index in [2.05, 4.69) is 39.8 Å². The molecular formula is C16H29IN4OS. The Bertz CT molecular complexity index is 461. The lowest BCUT2D eigenvalue weighted by molar-refractivity contribution is 0.117. The summed E-state index contributed by atoms with van der Waals surface area (Å²) in [5.41, 5.74) is 1.13. The Morgan fingerprint density at radius 1 is 1.43 bits per heavy atom. The Morgan fingerprint density at radius 3 is 2.96 bits per heavy atom. The molecule has 1 saturated heterocycles. The maximum absolute atomic E-state index is 5.61. The molecule has 5 nitrogen and oxygen atoms in total. The fraction of sp³-hybridized carbons (Fsp3) is 0.750. The standard InChI is InChI=1S/C16H28N4OS.HI/c1-3-17-16(19-11-14-7-6-10-21-14)18-9-5-4-8-15-20-13(2)12-22-15;/h12,14H,3-11H2,1-2H3,(H2,17,18,19);1H. The highest BCUT2D eigenvalue weighted by atomic mass is 127. The number of halogens is 1. The van der Waals surface area contributed by atoms with Gasteiger partial charge in [0.2, 0.25) is 0 Å². The molecule has 0 radical (unpaired) electrons. The van der Waals surface area contributed by atoms with Crippen molar-refractivity contribution >= 4 is 41.3 Å². The highest BCUT2D eigenvalue weighted by Gasteiger charge is 2.14. The van der Waals surface area contributed by atoms with Crippen LogP contribution in [0, 0.1) is 6.92 Å². The van der Waals surface area contributed by atoms with Gasteiger partial charge in [0, 0.05) is 30.8 Å². The minimum Gasteiger partial charge on any atom is -0.376 e. The fourth-order valence-electron chi connectivity index (χ4n) is 2.45. The number of hydrogen-bond donors (Lipinski definition) is 2. The van der Waals surface area contributed by atoms with Gasteiger partial charge in [-0.2, -0.15) is 0 Å². The smallest absolute Gasteiger partial charge is 0.191 e. The lowest BCUT2D eigenvalue weighted by Gasteiger charge is -2.12. The predicted molar refractivity (Wildman–Crippen MR) is 108 cm³/mol. The van der Waals surface area contributed by atoms with E-state index in [9.17, 15) is 0 Å². The molecule has 132 valence electrons. The summed E-state index contributed by atoms with van der Waals surface area (Å²) in [6.07, 6.45) is 5.97. The molecule has 1 aromatic heterocycles. The Kier molecular flexibility index (Phi) is 10.8. The first-order chi connectivity index (χ1) is 10.8. The monoisotopic (exact) mass is 452 g/mol. The lowest BCUT2D eigenvalue weighted by Crippen LogP contribution is -2.38. The van der Waals surface area contributed by atoms with Gasteiger partial charge in [-0.1, -0.05) is 0 Å². The van der Waals surface area contributed by atoms with Crippen LogP contribution in [0.15, 0.2) is 10.4 Å². The maximum Gasteiger partial charge on any atom is 0.191 e. The van der Waals surface area contributed by atoms with Crippen molar-refractivity contribution in [3.63, 3.8) is 0 Å². The van der Waals surface area contributed by atoms with Crippen molar-refractivity contribution in [2.24, 2.45) is 4.99 Å². The number of aromatic nitrogens is 1. The largest absolute Gasteiger partial charge is 0.376 e. The van der Waals surface area contributed by atoms with Crippen LogP contribution in [0.1, 0.15) is 43.3 Å². The zero-order valence-corrected chi connectivity index (χ0v) is 17.3. The zero-order valence-electron chi connectivity index (χ0n) is 14.1. The number of rotatable bonds is 8. The first-order valence-corrected chi connectivity index (χ1v) is 9.20. The molecule has 23 heavy (non-hydrogen) atoms. The van der Waals surface area contributed by atoms with Crippen LogP contribution in [0.25, 0.3) is 0 Å². The van der Waals surface area contributed by atoms with E-state index in [0.29, 0.717) is 6.10 Å². The molecule has 1 aliphatic heterocycles. The van der Waals surface area contributed by atoms with Gasteiger partial charge < -0.3 is 15.4 Å². The zero-order chi connectivity index (χ0) is 15.6. The van der Waals surface area contributed by atoms with Gasteiger partial charge in [0.25, 0.3) is 0 Å². The lowest BCUT2D eigenvalue weighted by atomic mass is 10.2. The van der Waals surface area contributed by atoms with Gasteiger partial charge in [0.05, 0.1) is 17.7 Å². The minimum atomic E-state index is 0. The molecule has 0 saturated carbocycles. The van der Waals surface area contributed by atoms with E-state index in [4.69, 9.17) is 4.74 Å². The molecule has 1 aromatic rings. The quantitative estimate of drug-likeness (QED) is 0.276. The average Bonchev–Trinajstić information content (AvgIpc) is 3.16. The normalized spacial score (nSPS) is 17.8. The molecule has 1 atom stereocenters. The van der Waals surface area contributed by atoms with Crippen molar-refractivity contribution in [1.82, 2.24) is 15.6 Å². The van der Waals surface area contributed by atoms with E-state index < -0.39 is 0 Å². The van der Waals surface area contributed by atoms with Crippen LogP contribution in [-0.2, 0) is 11.2 Å². The number of nitrogens with zero attached hydrogens (tertiary/aromatic N) is 2. The first kappa shape index (κ1) is 20.6. The number of guanidine groups is 1. The van der Waals surface area contributed by atoms with E-state index in [1.165, 1.54) is 11.4 Å². The predicted octanol–water partition coefficient (Wildman–Crippen LogP) is 3.13. The second-order valence-electron chi connectivity index (χ2n) is 5.62. The number of nitrogens with one attached hydrogen (secondary N) is 2. The molecule has 7 heteroatoms. The number of hydrogen-bond acceptors (Lipinski definition) is 4. The number of aryl methyl sites for hydroxylation is 2. The topological polar surface area (TPSA) is 58.5 Å². The number of thiazole rings is 1. The highest BCUT2D eigenvalue weighted by Crippen LogP contribution is 2.12. The van der Waals surface area contributed by atoms with E-state index in [0.717, 1.165) is 63.6 Å². The van der Waals surface area contributed by atoms with Crippen LogP contribution in [0.2, 0.25) is 0 Å². The minimum absolute atomic E-state index is 0. The van der Waals surface area contributed by atoms with E-state index in [1.54, 1.807) is 11.3 Å². The van der Waals surface area contributed by atoms with Crippen molar-refractivity contribution in [2.75, 3.05) is 26.2 Å². The molecule has 0 aromatic carbocycles. The van der Waals surface area contributed by atoms with Crippen molar-refractivity contribution in [3.8, 4) is 0 Å². The maximum atomic E-state index is 5.61. The molecule has 1 unspecified atom stereocenters. The van der Waals surface area contributed by atoms with Crippen molar-refractivity contribution in [1.29, 1.82) is 0 Å². The molecule has 2 heterocycles. The van der Waals surface area contributed by atoms with Gasteiger partial charge in [-0.15, -0.1) is 35.3 Å². The summed E-state index contributed by atoms with van der Waals surface area (Å²) >= 11 is 1.76. The SMILES string of the molecule is CCNC(=NCC1CCCO1)NCCCCc1nc(C)cs1.I. The second-order valence-corrected chi connectivity index (χ2v) is 6.56. The third-order valence-corrected chi connectivity index (χ3v) is 4.62. The third kappa shape index (κ3) is 8.30. The summed E-state index contributed by atoms with van der Waals surface area (Å²) in [6, 6.07) is 0. The summed E-state index contributed by atoms with van der Waals surface area (Å²) in [5, 5.41) is 10.1. The highest BCUT2D eigenvalue weighted by molar-refractivity contribution is 14.0. The molecule has 0 spiro atoms. The Balaban J connectivity index is 0.00000264. The van der Waals surface area contributed by atoms with Crippen LogP contribution in [0.5, 0.6) is 0 Å². The van der Waals surface area contributed by atoms with Crippen LogP contribution in [0.4, 0.5) is 0 Å². The van der Waals surface area contributed by atoms with Gasteiger partial charge in [0.1, 0.15) is 0 Å². The molecular weight excluding hydrogens is 423 g/mol. The van der Waals surface area contributed by atoms with Gasteiger partial charge in [-0.05, 0) is 46.0 Å². The van der Waals surface area contributed by atoms with Crippen molar-refractivity contribution in [3.05, 3.63) is 16.1 Å². The van der Waals surface area contributed by atoms with Crippen molar-refractivity contribution < 1.29 is 4.74 Å². The molecule has 0 bridgehead atoms. The summed E-state index contributed by atoms with van der Waals surface area (Å²) < 4.78 is 5.61. The Labute approximate surface area is 160 Å². The van der Waals surface area contributed by atoms with E-state index in [1.807, 2.05) is 0 Å². The van der Waals surface area contributed by atoms with E-state index >= 15 is 0 Å². The van der Waals surface area contributed by atoms with Crippen molar-refractivity contribution in [2.45, 2.75) is 52.1 Å². The Morgan fingerprint density at radius 2 is 2.30 bits per heavy atom. The van der Waals surface area contributed by atoms with Crippen LogP contribution in [-0.4, -0.2) is 43.3 Å². The van der Waals surface area contributed by atoms with E-state index in [-0.39, 0.29) is 24.0 Å².